The third-order valence-electron chi connectivity index (χ3n) is 2.04. The highest BCUT2D eigenvalue weighted by Crippen LogP contribution is 2.12. The van der Waals surface area contributed by atoms with E-state index in [9.17, 15) is 9.59 Å². The van der Waals surface area contributed by atoms with Gasteiger partial charge >= 0.3 is 5.97 Å². The number of nitrogens with zero attached hydrogens (tertiary/aromatic N) is 1. The SMILES string of the molecule is O=C(O)c1coc(C(=O)Nc2ccc(Cl)cn2)c1. The smallest absolute Gasteiger partial charge is 0.338 e. The monoisotopic (exact) mass is 266 g/mol. The molecule has 2 aromatic rings. The van der Waals surface area contributed by atoms with E-state index in [-0.39, 0.29) is 17.1 Å². The van der Waals surface area contributed by atoms with Crippen LogP contribution in [0.2, 0.25) is 5.02 Å². The minimum absolute atomic E-state index is 0.0933. The Kier molecular flexibility index (Phi) is 3.29. The summed E-state index contributed by atoms with van der Waals surface area (Å²) in [5.41, 5.74) is -0.0933. The number of carboxylic acids is 1. The number of aromatic nitrogens is 1. The van der Waals surface area contributed by atoms with E-state index in [0.717, 1.165) is 12.3 Å². The van der Waals surface area contributed by atoms with Gasteiger partial charge in [0.05, 0.1) is 10.6 Å². The molecule has 0 spiro atoms. The molecule has 0 atom stereocenters. The van der Waals surface area contributed by atoms with E-state index < -0.39 is 11.9 Å². The van der Waals surface area contributed by atoms with Crippen molar-refractivity contribution in [3.05, 3.63) is 47.0 Å². The van der Waals surface area contributed by atoms with Gasteiger partial charge in [0.25, 0.3) is 5.91 Å². The molecule has 18 heavy (non-hydrogen) atoms. The third kappa shape index (κ3) is 2.67. The molecule has 0 saturated carbocycles. The highest BCUT2D eigenvalue weighted by atomic mass is 35.5. The molecule has 92 valence electrons. The van der Waals surface area contributed by atoms with E-state index in [0.29, 0.717) is 5.02 Å². The maximum Gasteiger partial charge on any atom is 0.338 e. The van der Waals surface area contributed by atoms with Gasteiger partial charge in [0.2, 0.25) is 0 Å². The summed E-state index contributed by atoms with van der Waals surface area (Å²) in [6.45, 7) is 0. The van der Waals surface area contributed by atoms with Crippen molar-refractivity contribution in [2.24, 2.45) is 0 Å². The van der Waals surface area contributed by atoms with Crippen molar-refractivity contribution in [1.29, 1.82) is 0 Å². The summed E-state index contributed by atoms with van der Waals surface area (Å²) in [4.78, 5) is 26.1. The van der Waals surface area contributed by atoms with Crippen LogP contribution in [0.3, 0.4) is 0 Å². The Bertz CT molecular complexity index is 591. The summed E-state index contributed by atoms with van der Waals surface area (Å²) in [5, 5.41) is 11.6. The van der Waals surface area contributed by atoms with Crippen molar-refractivity contribution in [3.8, 4) is 0 Å². The number of amides is 1. The lowest BCUT2D eigenvalue weighted by Crippen LogP contribution is -2.11. The molecule has 1 amide bonds. The number of nitrogens with one attached hydrogen (secondary N) is 1. The van der Waals surface area contributed by atoms with E-state index in [1.54, 1.807) is 6.07 Å². The average Bonchev–Trinajstić information content (AvgIpc) is 2.81. The lowest BCUT2D eigenvalue weighted by atomic mass is 10.3. The number of carboxylic acid groups (broad SMARTS) is 1. The van der Waals surface area contributed by atoms with Crippen LogP contribution in [0.1, 0.15) is 20.9 Å². The first-order valence-electron chi connectivity index (χ1n) is 4.81. The second kappa shape index (κ2) is 4.89. The first kappa shape index (κ1) is 12.1. The third-order valence-corrected chi connectivity index (χ3v) is 2.26. The number of hydrogen-bond donors (Lipinski definition) is 2. The normalized spacial score (nSPS) is 10.1. The maximum atomic E-state index is 11.7. The van der Waals surface area contributed by atoms with Crippen LogP contribution in [0, 0.1) is 0 Å². The molecule has 0 bridgehead atoms. The van der Waals surface area contributed by atoms with Crippen LogP contribution in [-0.4, -0.2) is 22.0 Å². The number of anilines is 1. The molecule has 0 aliphatic rings. The fourth-order valence-corrected chi connectivity index (χ4v) is 1.31. The standard InChI is InChI=1S/C11H7ClN2O4/c12-7-1-2-9(13-4-7)14-10(15)8-3-6(5-18-8)11(16)17/h1-5H,(H,16,17)(H,13,14,15). The molecule has 2 rings (SSSR count). The van der Waals surface area contributed by atoms with Crippen molar-refractivity contribution in [2.45, 2.75) is 0 Å². The number of carbonyl (C=O) groups excluding carboxylic acids is 1. The predicted octanol–water partition coefficient (Wildman–Crippen LogP) is 2.28. The topological polar surface area (TPSA) is 92.4 Å². The quantitative estimate of drug-likeness (QED) is 0.889. The molecular formula is C11H7ClN2O4. The Morgan fingerprint density at radius 3 is 2.72 bits per heavy atom. The maximum absolute atomic E-state index is 11.7. The average molecular weight is 267 g/mol. The zero-order valence-corrected chi connectivity index (χ0v) is 9.64. The van der Waals surface area contributed by atoms with Gasteiger partial charge in [0.1, 0.15) is 12.1 Å². The molecule has 0 aliphatic carbocycles. The number of pyridine rings is 1. The van der Waals surface area contributed by atoms with Gasteiger partial charge in [-0.15, -0.1) is 0 Å². The van der Waals surface area contributed by atoms with Gasteiger partial charge < -0.3 is 14.8 Å². The van der Waals surface area contributed by atoms with E-state index in [1.807, 2.05) is 0 Å². The molecule has 2 N–H and O–H groups in total. The zero-order valence-electron chi connectivity index (χ0n) is 8.88. The van der Waals surface area contributed by atoms with Crippen LogP contribution in [0.25, 0.3) is 0 Å². The fourth-order valence-electron chi connectivity index (χ4n) is 1.20. The first-order valence-corrected chi connectivity index (χ1v) is 5.19. The predicted molar refractivity (Wildman–Crippen MR) is 62.9 cm³/mol. The Hall–Kier alpha value is -2.34. The van der Waals surface area contributed by atoms with Crippen LogP contribution < -0.4 is 5.32 Å². The fraction of sp³-hybridized carbons (Fsp3) is 0. The summed E-state index contributed by atoms with van der Waals surface area (Å²) in [5.74, 6) is -1.57. The van der Waals surface area contributed by atoms with E-state index in [4.69, 9.17) is 21.1 Å². The Morgan fingerprint density at radius 1 is 1.39 bits per heavy atom. The number of hydrogen-bond acceptors (Lipinski definition) is 4. The molecule has 6 nitrogen and oxygen atoms in total. The highest BCUT2D eigenvalue weighted by Gasteiger charge is 2.14. The van der Waals surface area contributed by atoms with Crippen molar-refractivity contribution in [2.75, 3.05) is 5.32 Å². The molecule has 7 heteroatoms. The summed E-state index contributed by atoms with van der Waals surface area (Å²) in [7, 11) is 0. The number of aromatic carboxylic acids is 1. The van der Waals surface area contributed by atoms with E-state index in [2.05, 4.69) is 10.3 Å². The lowest BCUT2D eigenvalue weighted by Gasteiger charge is -2.01. The van der Waals surface area contributed by atoms with Crippen molar-refractivity contribution < 1.29 is 19.1 Å². The van der Waals surface area contributed by atoms with Gasteiger partial charge in [-0.2, -0.15) is 0 Å². The minimum atomic E-state index is -1.16. The van der Waals surface area contributed by atoms with Crippen molar-refractivity contribution >= 4 is 29.3 Å². The Labute approximate surface area is 106 Å². The summed E-state index contributed by atoms with van der Waals surface area (Å²) >= 11 is 5.64. The van der Waals surface area contributed by atoms with Gasteiger partial charge in [-0.25, -0.2) is 9.78 Å². The molecule has 2 aromatic heterocycles. The van der Waals surface area contributed by atoms with E-state index >= 15 is 0 Å². The van der Waals surface area contributed by atoms with Gasteiger partial charge in [-0.3, -0.25) is 4.79 Å². The molecule has 0 aromatic carbocycles. The number of rotatable bonds is 3. The second-order valence-corrected chi connectivity index (χ2v) is 3.76. The summed E-state index contributed by atoms with van der Waals surface area (Å²) in [6.07, 6.45) is 2.37. The Balaban J connectivity index is 2.11. The molecule has 0 unspecified atom stereocenters. The Morgan fingerprint density at radius 2 is 2.17 bits per heavy atom. The van der Waals surface area contributed by atoms with Crippen LogP contribution in [0.5, 0.6) is 0 Å². The van der Waals surface area contributed by atoms with Gasteiger partial charge in [0.15, 0.2) is 5.76 Å². The molecule has 0 radical (unpaired) electrons. The highest BCUT2D eigenvalue weighted by molar-refractivity contribution is 6.30. The van der Waals surface area contributed by atoms with Crippen LogP contribution in [0.15, 0.2) is 35.1 Å². The molecule has 2 heterocycles. The van der Waals surface area contributed by atoms with Crippen LogP contribution >= 0.6 is 11.6 Å². The van der Waals surface area contributed by atoms with Gasteiger partial charge in [0, 0.05) is 12.3 Å². The first-order chi connectivity index (χ1) is 8.56. The molecule has 0 saturated heterocycles. The summed E-state index contributed by atoms with van der Waals surface area (Å²) in [6, 6.07) is 4.21. The van der Waals surface area contributed by atoms with Crippen molar-refractivity contribution in [3.63, 3.8) is 0 Å². The minimum Gasteiger partial charge on any atom is -0.478 e. The zero-order chi connectivity index (χ0) is 13.1. The van der Waals surface area contributed by atoms with Gasteiger partial charge in [-0.05, 0) is 12.1 Å². The van der Waals surface area contributed by atoms with Gasteiger partial charge in [-0.1, -0.05) is 11.6 Å². The van der Waals surface area contributed by atoms with Crippen molar-refractivity contribution in [1.82, 2.24) is 4.98 Å². The van der Waals surface area contributed by atoms with E-state index in [1.165, 1.54) is 12.3 Å². The number of furan rings is 1. The van der Waals surface area contributed by atoms with Crippen LogP contribution in [-0.2, 0) is 0 Å². The number of halogens is 1. The molecular weight excluding hydrogens is 260 g/mol. The lowest BCUT2D eigenvalue weighted by molar-refractivity contribution is 0.0696. The second-order valence-electron chi connectivity index (χ2n) is 3.32. The molecule has 0 aliphatic heterocycles. The largest absolute Gasteiger partial charge is 0.478 e. The summed E-state index contributed by atoms with van der Waals surface area (Å²) < 4.78 is 4.84. The molecule has 0 fully saturated rings. The van der Waals surface area contributed by atoms with Crippen LogP contribution in [0.4, 0.5) is 5.82 Å². The number of carbonyl (C=O) groups is 2.